The van der Waals surface area contributed by atoms with E-state index in [2.05, 4.69) is 26.5 Å². The second kappa shape index (κ2) is 6.29. The van der Waals surface area contributed by atoms with E-state index in [1.807, 2.05) is 49.4 Å². The summed E-state index contributed by atoms with van der Waals surface area (Å²) in [6.07, 6.45) is 1.61. The highest BCUT2D eigenvalue weighted by atomic mass is 79.9. The summed E-state index contributed by atoms with van der Waals surface area (Å²) in [5.41, 5.74) is 5.08. The molecular weight excluding hydrogens is 304 g/mol. The Morgan fingerprint density at radius 2 is 1.95 bits per heavy atom. The van der Waals surface area contributed by atoms with E-state index in [1.54, 1.807) is 12.3 Å². The van der Waals surface area contributed by atoms with Gasteiger partial charge in [0.15, 0.2) is 0 Å². The summed E-state index contributed by atoms with van der Waals surface area (Å²) in [5, 5.41) is 3.94. The van der Waals surface area contributed by atoms with Gasteiger partial charge in [-0.1, -0.05) is 45.8 Å². The fraction of sp³-hybridized carbons (Fsp3) is 0.0667. The number of rotatable bonds is 3. The zero-order valence-electron chi connectivity index (χ0n) is 10.4. The van der Waals surface area contributed by atoms with Crippen molar-refractivity contribution in [3.63, 3.8) is 0 Å². The van der Waals surface area contributed by atoms with Gasteiger partial charge >= 0.3 is 0 Å². The van der Waals surface area contributed by atoms with Crippen LogP contribution < -0.4 is 5.43 Å². The zero-order valence-corrected chi connectivity index (χ0v) is 12.0. The lowest BCUT2D eigenvalue weighted by molar-refractivity contribution is 0.0955. The highest BCUT2D eigenvalue weighted by Gasteiger charge is 2.02. The van der Waals surface area contributed by atoms with Gasteiger partial charge in [-0.05, 0) is 36.8 Å². The third-order valence-electron chi connectivity index (χ3n) is 2.53. The van der Waals surface area contributed by atoms with Gasteiger partial charge in [-0.3, -0.25) is 4.79 Å². The molecule has 0 atom stereocenters. The first-order valence-corrected chi connectivity index (χ1v) is 6.60. The number of nitrogens with zero attached hydrogens (tertiary/aromatic N) is 1. The number of aryl methyl sites for hydroxylation is 1. The molecule has 96 valence electrons. The summed E-state index contributed by atoms with van der Waals surface area (Å²) < 4.78 is 1.01. The molecule has 0 aliphatic heterocycles. The van der Waals surface area contributed by atoms with E-state index in [1.165, 1.54) is 0 Å². The molecule has 19 heavy (non-hydrogen) atoms. The minimum absolute atomic E-state index is 0.211. The average Bonchev–Trinajstić information content (AvgIpc) is 2.41. The minimum Gasteiger partial charge on any atom is -0.267 e. The summed E-state index contributed by atoms with van der Waals surface area (Å²) in [5.74, 6) is -0.211. The smallest absolute Gasteiger partial charge is 0.267 e. The molecule has 2 rings (SSSR count). The molecule has 0 saturated heterocycles. The number of benzene rings is 2. The van der Waals surface area contributed by atoms with Crippen molar-refractivity contribution < 1.29 is 4.79 Å². The molecule has 0 radical (unpaired) electrons. The molecule has 0 heterocycles. The predicted molar refractivity (Wildman–Crippen MR) is 80.4 cm³/mol. The quantitative estimate of drug-likeness (QED) is 0.683. The van der Waals surface area contributed by atoms with Crippen LogP contribution in [-0.4, -0.2) is 12.1 Å². The predicted octanol–water partition coefficient (Wildman–Crippen LogP) is 3.52. The Morgan fingerprint density at radius 1 is 1.21 bits per heavy atom. The Morgan fingerprint density at radius 3 is 2.63 bits per heavy atom. The third kappa shape index (κ3) is 4.03. The standard InChI is InChI=1S/C15H13BrN2O/c1-11-3-2-4-13(9-11)15(19)18-17-10-12-5-7-14(16)8-6-12/h2-10H,1H3,(H,18,19)/b17-10-. The molecule has 0 saturated carbocycles. The number of carbonyl (C=O) groups excluding carboxylic acids is 1. The van der Waals surface area contributed by atoms with Gasteiger partial charge in [-0.2, -0.15) is 5.10 Å². The van der Waals surface area contributed by atoms with E-state index in [9.17, 15) is 4.79 Å². The lowest BCUT2D eigenvalue weighted by Gasteiger charge is -2.00. The highest BCUT2D eigenvalue weighted by Crippen LogP contribution is 2.09. The van der Waals surface area contributed by atoms with Crippen LogP contribution in [0.3, 0.4) is 0 Å². The van der Waals surface area contributed by atoms with E-state index >= 15 is 0 Å². The summed E-state index contributed by atoms with van der Waals surface area (Å²) in [6.45, 7) is 1.95. The summed E-state index contributed by atoms with van der Waals surface area (Å²) in [6, 6.07) is 15.0. The Hall–Kier alpha value is -1.94. The molecule has 0 spiro atoms. The first kappa shape index (κ1) is 13.5. The maximum Gasteiger partial charge on any atom is 0.271 e. The van der Waals surface area contributed by atoms with Crippen molar-refractivity contribution in [2.45, 2.75) is 6.92 Å². The Balaban J connectivity index is 1.98. The minimum atomic E-state index is -0.211. The molecule has 1 amide bonds. The van der Waals surface area contributed by atoms with E-state index in [0.29, 0.717) is 5.56 Å². The number of hydrazone groups is 1. The molecule has 1 N–H and O–H groups in total. The average molecular weight is 317 g/mol. The van der Waals surface area contributed by atoms with Crippen LogP contribution in [-0.2, 0) is 0 Å². The van der Waals surface area contributed by atoms with Gasteiger partial charge in [0.1, 0.15) is 0 Å². The fourth-order valence-electron chi connectivity index (χ4n) is 1.57. The Labute approximate surface area is 120 Å². The molecule has 2 aromatic carbocycles. The fourth-order valence-corrected chi connectivity index (χ4v) is 1.83. The molecule has 0 unspecified atom stereocenters. The van der Waals surface area contributed by atoms with Crippen LogP contribution >= 0.6 is 15.9 Å². The zero-order chi connectivity index (χ0) is 13.7. The number of hydrogen-bond donors (Lipinski definition) is 1. The number of hydrogen-bond acceptors (Lipinski definition) is 2. The lowest BCUT2D eigenvalue weighted by Crippen LogP contribution is -2.17. The summed E-state index contributed by atoms with van der Waals surface area (Å²) in [4.78, 5) is 11.8. The van der Waals surface area contributed by atoms with Crippen molar-refractivity contribution in [3.05, 3.63) is 69.7 Å². The molecule has 0 bridgehead atoms. The van der Waals surface area contributed by atoms with Crippen molar-refractivity contribution in [1.82, 2.24) is 5.43 Å². The Kier molecular flexibility index (Phi) is 4.47. The van der Waals surface area contributed by atoms with Gasteiger partial charge in [0.25, 0.3) is 5.91 Å². The van der Waals surface area contributed by atoms with Crippen molar-refractivity contribution in [3.8, 4) is 0 Å². The van der Waals surface area contributed by atoms with Crippen LogP contribution in [0.4, 0.5) is 0 Å². The van der Waals surface area contributed by atoms with Gasteiger partial charge in [0, 0.05) is 10.0 Å². The van der Waals surface area contributed by atoms with Gasteiger partial charge in [0.2, 0.25) is 0 Å². The monoisotopic (exact) mass is 316 g/mol. The first-order chi connectivity index (χ1) is 9.15. The van der Waals surface area contributed by atoms with E-state index < -0.39 is 0 Å². The largest absolute Gasteiger partial charge is 0.271 e. The van der Waals surface area contributed by atoms with Crippen LogP contribution in [0.25, 0.3) is 0 Å². The number of nitrogens with one attached hydrogen (secondary N) is 1. The van der Waals surface area contributed by atoms with Gasteiger partial charge in [-0.15, -0.1) is 0 Å². The third-order valence-corrected chi connectivity index (χ3v) is 3.06. The lowest BCUT2D eigenvalue weighted by atomic mass is 10.1. The maximum absolute atomic E-state index is 11.8. The molecule has 0 aromatic heterocycles. The van der Waals surface area contributed by atoms with E-state index in [0.717, 1.165) is 15.6 Å². The molecule has 4 heteroatoms. The van der Waals surface area contributed by atoms with Crippen LogP contribution in [0.15, 0.2) is 58.1 Å². The SMILES string of the molecule is Cc1cccc(C(=O)N/N=C\c2ccc(Br)cc2)c1. The van der Waals surface area contributed by atoms with Crippen LogP contribution in [0.5, 0.6) is 0 Å². The van der Waals surface area contributed by atoms with Gasteiger partial charge < -0.3 is 0 Å². The van der Waals surface area contributed by atoms with Crippen LogP contribution in [0, 0.1) is 6.92 Å². The van der Waals surface area contributed by atoms with Crippen LogP contribution in [0.2, 0.25) is 0 Å². The van der Waals surface area contributed by atoms with Gasteiger partial charge in [-0.25, -0.2) is 5.43 Å². The number of halogens is 1. The number of carbonyl (C=O) groups is 1. The van der Waals surface area contributed by atoms with Crippen molar-refractivity contribution in [2.24, 2.45) is 5.10 Å². The first-order valence-electron chi connectivity index (χ1n) is 5.81. The highest BCUT2D eigenvalue weighted by molar-refractivity contribution is 9.10. The summed E-state index contributed by atoms with van der Waals surface area (Å²) in [7, 11) is 0. The van der Waals surface area contributed by atoms with Crippen LogP contribution in [0.1, 0.15) is 21.5 Å². The molecule has 0 aliphatic rings. The van der Waals surface area contributed by atoms with Crippen molar-refractivity contribution >= 4 is 28.1 Å². The number of amides is 1. The molecule has 2 aromatic rings. The topological polar surface area (TPSA) is 41.5 Å². The van der Waals surface area contributed by atoms with Crippen molar-refractivity contribution in [2.75, 3.05) is 0 Å². The molecule has 0 aliphatic carbocycles. The maximum atomic E-state index is 11.8. The van der Waals surface area contributed by atoms with Gasteiger partial charge in [0.05, 0.1) is 6.21 Å². The Bertz CT molecular complexity index is 606. The second-order valence-corrected chi connectivity index (χ2v) is 5.04. The normalized spacial score (nSPS) is 10.6. The van der Waals surface area contributed by atoms with Crippen molar-refractivity contribution in [1.29, 1.82) is 0 Å². The molecule has 3 nitrogen and oxygen atoms in total. The summed E-state index contributed by atoms with van der Waals surface area (Å²) >= 11 is 3.36. The second-order valence-electron chi connectivity index (χ2n) is 4.12. The van der Waals surface area contributed by atoms with E-state index in [-0.39, 0.29) is 5.91 Å². The van der Waals surface area contributed by atoms with E-state index in [4.69, 9.17) is 0 Å². The molecule has 0 fully saturated rings. The molecular formula is C15H13BrN2O.